The van der Waals surface area contributed by atoms with Crippen LogP contribution >= 0.6 is 0 Å². The molecular formula is C25H25NO8. The molecule has 0 unspecified atom stereocenters. The van der Waals surface area contributed by atoms with Crippen molar-refractivity contribution in [3.8, 4) is 23.0 Å². The van der Waals surface area contributed by atoms with Crippen LogP contribution in [0.1, 0.15) is 27.9 Å². The van der Waals surface area contributed by atoms with E-state index in [1.54, 1.807) is 36.4 Å². The standard InChI is InChI=1S/C15H13NO4.C10H12O4/c1-20-13-6-7-14(17)11(8-13)9-16-12-4-2-10(3-5-12)15(18)19;1-14-9-6-7(2-4-8(9)11)3-5-10(12)13/h2-9,17H,1H3,(H,18,19);2,4,6,11H,3,5H2,1H3,(H,12,13). The van der Waals surface area contributed by atoms with Crippen molar-refractivity contribution in [1.82, 2.24) is 0 Å². The zero-order valence-corrected chi connectivity index (χ0v) is 18.6. The van der Waals surface area contributed by atoms with Crippen LogP contribution in [0, 0.1) is 0 Å². The Morgan fingerprint density at radius 3 is 2.15 bits per heavy atom. The SMILES string of the molecule is COc1cc(CCC(=O)O)ccc1O.COc1ccc(O)c(C=Nc2ccc(C(=O)O)cc2)c1. The summed E-state index contributed by atoms with van der Waals surface area (Å²) >= 11 is 0. The van der Waals surface area contributed by atoms with Gasteiger partial charge in [0.05, 0.1) is 25.5 Å². The maximum atomic E-state index is 10.7. The maximum absolute atomic E-state index is 10.7. The molecule has 0 fully saturated rings. The Morgan fingerprint density at radius 1 is 0.882 bits per heavy atom. The fourth-order valence-electron chi connectivity index (χ4n) is 2.73. The molecule has 0 atom stereocenters. The zero-order chi connectivity index (χ0) is 25.1. The molecule has 0 spiro atoms. The van der Waals surface area contributed by atoms with Crippen molar-refractivity contribution in [2.24, 2.45) is 4.99 Å². The van der Waals surface area contributed by atoms with E-state index in [-0.39, 0.29) is 23.5 Å². The fraction of sp³-hybridized carbons (Fsp3) is 0.160. The first kappa shape index (κ1) is 25.7. The van der Waals surface area contributed by atoms with Gasteiger partial charge in [-0.3, -0.25) is 9.79 Å². The Morgan fingerprint density at radius 2 is 1.56 bits per heavy atom. The summed E-state index contributed by atoms with van der Waals surface area (Å²) in [5, 5.41) is 36.2. The normalized spacial score (nSPS) is 10.3. The van der Waals surface area contributed by atoms with Crippen LogP contribution in [0.15, 0.2) is 65.7 Å². The van der Waals surface area contributed by atoms with Gasteiger partial charge < -0.3 is 29.9 Å². The highest BCUT2D eigenvalue weighted by Crippen LogP contribution is 2.26. The van der Waals surface area contributed by atoms with E-state index in [9.17, 15) is 19.8 Å². The van der Waals surface area contributed by atoms with E-state index in [1.165, 1.54) is 44.7 Å². The van der Waals surface area contributed by atoms with Crippen LogP contribution in [0.5, 0.6) is 23.0 Å². The van der Waals surface area contributed by atoms with Gasteiger partial charge in [-0.25, -0.2) is 4.79 Å². The van der Waals surface area contributed by atoms with Gasteiger partial charge in [0.1, 0.15) is 11.5 Å². The molecule has 0 saturated carbocycles. The van der Waals surface area contributed by atoms with Crippen molar-refractivity contribution in [2.45, 2.75) is 12.8 Å². The molecule has 3 aromatic carbocycles. The van der Waals surface area contributed by atoms with Crippen molar-refractivity contribution in [2.75, 3.05) is 14.2 Å². The van der Waals surface area contributed by atoms with E-state index in [1.807, 2.05) is 0 Å². The summed E-state index contributed by atoms with van der Waals surface area (Å²) in [5.74, 6) is -0.676. The molecule has 0 aliphatic carbocycles. The van der Waals surface area contributed by atoms with Crippen molar-refractivity contribution in [3.63, 3.8) is 0 Å². The number of hydrogen-bond donors (Lipinski definition) is 4. The highest BCUT2D eigenvalue weighted by atomic mass is 16.5. The summed E-state index contributed by atoms with van der Waals surface area (Å²) in [4.78, 5) is 25.2. The van der Waals surface area contributed by atoms with Crippen LogP contribution in [0.2, 0.25) is 0 Å². The lowest BCUT2D eigenvalue weighted by Gasteiger charge is -2.05. The molecule has 3 aromatic rings. The molecule has 34 heavy (non-hydrogen) atoms. The molecule has 0 saturated heterocycles. The van der Waals surface area contributed by atoms with Crippen LogP contribution in [0.25, 0.3) is 0 Å². The van der Waals surface area contributed by atoms with Gasteiger partial charge in [-0.05, 0) is 66.6 Å². The number of benzene rings is 3. The molecule has 0 bridgehead atoms. The van der Waals surface area contributed by atoms with E-state index in [4.69, 9.17) is 19.7 Å². The lowest BCUT2D eigenvalue weighted by Crippen LogP contribution is -1.97. The summed E-state index contributed by atoms with van der Waals surface area (Å²) in [6.07, 6.45) is 2.01. The Hall–Kier alpha value is -4.53. The van der Waals surface area contributed by atoms with E-state index in [0.717, 1.165) is 5.56 Å². The Bertz CT molecular complexity index is 1160. The van der Waals surface area contributed by atoms with Crippen molar-refractivity contribution in [3.05, 3.63) is 77.4 Å². The molecule has 0 heterocycles. The minimum Gasteiger partial charge on any atom is -0.507 e. The van der Waals surface area contributed by atoms with Crippen molar-refractivity contribution in [1.29, 1.82) is 0 Å². The van der Waals surface area contributed by atoms with E-state index in [2.05, 4.69) is 4.99 Å². The summed E-state index contributed by atoms with van der Waals surface area (Å²) in [6, 6.07) is 15.8. The van der Waals surface area contributed by atoms with Gasteiger partial charge in [0, 0.05) is 18.2 Å². The predicted molar refractivity (Wildman–Crippen MR) is 126 cm³/mol. The van der Waals surface area contributed by atoms with Gasteiger partial charge >= 0.3 is 11.9 Å². The van der Waals surface area contributed by atoms with Crippen LogP contribution in [-0.2, 0) is 11.2 Å². The lowest BCUT2D eigenvalue weighted by atomic mass is 10.1. The average molecular weight is 467 g/mol. The summed E-state index contributed by atoms with van der Waals surface area (Å²) in [5.41, 5.74) is 2.15. The first-order chi connectivity index (χ1) is 16.2. The lowest BCUT2D eigenvalue weighted by molar-refractivity contribution is -0.136. The number of rotatable bonds is 8. The van der Waals surface area contributed by atoms with Gasteiger partial charge in [0.2, 0.25) is 0 Å². The van der Waals surface area contributed by atoms with Crippen LogP contribution < -0.4 is 9.47 Å². The summed E-state index contributed by atoms with van der Waals surface area (Å²) in [7, 11) is 2.99. The molecule has 3 rings (SSSR count). The van der Waals surface area contributed by atoms with E-state index in [0.29, 0.717) is 29.2 Å². The first-order valence-corrected chi connectivity index (χ1v) is 10.1. The minimum absolute atomic E-state index is 0.0616. The van der Waals surface area contributed by atoms with Gasteiger partial charge in [0.25, 0.3) is 0 Å². The Kier molecular flexibility index (Phi) is 9.45. The number of phenolic OH excluding ortho intramolecular Hbond substituents is 2. The Balaban J connectivity index is 0.000000257. The molecule has 0 radical (unpaired) electrons. The van der Waals surface area contributed by atoms with Gasteiger partial charge in [-0.2, -0.15) is 0 Å². The number of aromatic hydroxyl groups is 2. The quantitative estimate of drug-likeness (QED) is 0.359. The zero-order valence-electron chi connectivity index (χ0n) is 18.6. The number of aryl methyl sites for hydroxylation is 1. The molecule has 9 nitrogen and oxygen atoms in total. The third kappa shape index (κ3) is 7.86. The molecule has 4 N–H and O–H groups in total. The van der Waals surface area contributed by atoms with Crippen molar-refractivity contribution >= 4 is 23.8 Å². The number of methoxy groups -OCH3 is 2. The molecule has 0 amide bonds. The third-order valence-electron chi connectivity index (χ3n) is 4.57. The monoisotopic (exact) mass is 467 g/mol. The maximum Gasteiger partial charge on any atom is 0.335 e. The molecule has 9 heteroatoms. The number of aliphatic carboxylic acids is 1. The van der Waals surface area contributed by atoms with Crippen LogP contribution in [0.3, 0.4) is 0 Å². The van der Waals surface area contributed by atoms with E-state index >= 15 is 0 Å². The molecular weight excluding hydrogens is 442 g/mol. The number of nitrogens with zero attached hydrogens (tertiary/aromatic N) is 1. The second-order valence-corrected chi connectivity index (χ2v) is 6.93. The van der Waals surface area contributed by atoms with E-state index < -0.39 is 11.9 Å². The van der Waals surface area contributed by atoms with Crippen LogP contribution in [0.4, 0.5) is 5.69 Å². The number of carbonyl (C=O) groups is 2. The number of carboxylic acids is 2. The van der Waals surface area contributed by atoms with Gasteiger partial charge in [0.15, 0.2) is 11.5 Å². The molecule has 178 valence electrons. The number of hydrogen-bond acceptors (Lipinski definition) is 7. The third-order valence-corrected chi connectivity index (χ3v) is 4.57. The molecule has 0 aliphatic rings. The number of aliphatic imine (C=N–C) groups is 1. The minimum atomic E-state index is -0.981. The highest BCUT2D eigenvalue weighted by molar-refractivity contribution is 5.89. The fourth-order valence-corrected chi connectivity index (χ4v) is 2.73. The van der Waals surface area contributed by atoms with Gasteiger partial charge in [-0.15, -0.1) is 0 Å². The topological polar surface area (TPSA) is 146 Å². The van der Waals surface area contributed by atoms with Crippen LogP contribution in [-0.4, -0.2) is 52.8 Å². The van der Waals surface area contributed by atoms with Crippen molar-refractivity contribution < 1.29 is 39.5 Å². The smallest absolute Gasteiger partial charge is 0.335 e. The highest BCUT2D eigenvalue weighted by Gasteiger charge is 2.05. The number of ether oxygens (including phenoxy) is 2. The second-order valence-electron chi connectivity index (χ2n) is 6.93. The first-order valence-electron chi connectivity index (χ1n) is 10.1. The molecule has 0 aliphatic heterocycles. The summed E-state index contributed by atoms with van der Waals surface area (Å²) < 4.78 is 9.96. The predicted octanol–water partition coefficient (Wildman–Crippen LogP) is 4.27. The number of aromatic carboxylic acids is 1. The second kappa shape index (κ2) is 12.5. The van der Waals surface area contributed by atoms with Gasteiger partial charge in [-0.1, -0.05) is 6.07 Å². The largest absolute Gasteiger partial charge is 0.507 e. The summed E-state index contributed by atoms with van der Waals surface area (Å²) in [6.45, 7) is 0. The number of carboxylic acid groups (broad SMARTS) is 2. The number of phenols is 2. The average Bonchev–Trinajstić information content (AvgIpc) is 2.83. The molecule has 0 aromatic heterocycles. The Labute approximate surface area is 196 Å².